The number of para-hydroxylation sites is 1. The Balaban J connectivity index is 1.46. The summed E-state index contributed by atoms with van der Waals surface area (Å²) < 4.78 is 12.8. The Morgan fingerprint density at radius 1 is 1.03 bits per heavy atom. The van der Waals surface area contributed by atoms with Gasteiger partial charge in [0.1, 0.15) is 24.5 Å². The molecule has 0 unspecified atom stereocenters. The van der Waals surface area contributed by atoms with E-state index in [1.807, 2.05) is 29.1 Å². The first kappa shape index (κ1) is 21.7. The van der Waals surface area contributed by atoms with Gasteiger partial charge in [-0.25, -0.2) is 9.97 Å². The number of hydrogen-bond acceptors (Lipinski definition) is 6. The summed E-state index contributed by atoms with van der Waals surface area (Å²) in [5, 5.41) is 1.16. The molecule has 0 saturated carbocycles. The van der Waals surface area contributed by atoms with Gasteiger partial charge in [-0.3, -0.25) is 4.57 Å². The zero-order valence-electron chi connectivity index (χ0n) is 19.6. The van der Waals surface area contributed by atoms with Crippen molar-refractivity contribution in [3.8, 4) is 11.6 Å². The van der Waals surface area contributed by atoms with Crippen molar-refractivity contribution >= 4 is 27.6 Å². The van der Waals surface area contributed by atoms with Gasteiger partial charge in [0.25, 0.3) is 0 Å². The molecule has 7 heteroatoms. The molecule has 1 aliphatic heterocycles. The molecule has 3 heterocycles. The van der Waals surface area contributed by atoms with Crippen molar-refractivity contribution < 1.29 is 9.47 Å². The molecule has 5 rings (SSSR count). The first-order chi connectivity index (χ1) is 16.1. The SMILES string of the molecule is COCCOc1ccc2c(c1)ncn2-c1ccc2cccc(N3CCC(N(C)C)CC3)c2n1. The average molecular weight is 446 g/mol. The number of pyridine rings is 1. The Morgan fingerprint density at radius 3 is 2.67 bits per heavy atom. The highest BCUT2D eigenvalue weighted by atomic mass is 16.5. The molecule has 0 amide bonds. The minimum atomic E-state index is 0.517. The summed E-state index contributed by atoms with van der Waals surface area (Å²) in [5.41, 5.74) is 4.14. The van der Waals surface area contributed by atoms with Crippen molar-refractivity contribution in [3.05, 3.63) is 54.9 Å². The van der Waals surface area contributed by atoms with Crippen LogP contribution >= 0.6 is 0 Å². The summed E-state index contributed by atoms with van der Waals surface area (Å²) in [7, 11) is 6.02. The largest absolute Gasteiger partial charge is 0.491 e. The molecule has 2 aromatic heterocycles. The van der Waals surface area contributed by atoms with Crippen molar-refractivity contribution in [3.63, 3.8) is 0 Å². The Hall–Kier alpha value is -3.16. The van der Waals surface area contributed by atoms with E-state index >= 15 is 0 Å². The fraction of sp³-hybridized carbons (Fsp3) is 0.385. The van der Waals surface area contributed by atoms with E-state index in [1.165, 1.54) is 18.5 Å². The van der Waals surface area contributed by atoms with Gasteiger partial charge in [-0.1, -0.05) is 12.1 Å². The first-order valence-electron chi connectivity index (χ1n) is 11.5. The second kappa shape index (κ2) is 9.37. The van der Waals surface area contributed by atoms with Gasteiger partial charge in [-0.05, 0) is 57.3 Å². The van der Waals surface area contributed by atoms with E-state index in [2.05, 4.69) is 59.2 Å². The summed E-state index contributed by atoms with van der Waals surface area (Å²) in [5.74, 6) is 1.66. The number of ether oxygens (including phenoxy) is 2. The second-order valence-corrected chi connectivity index (χ2v) is 8.81. The lowest BCUT2D eigenvalue weighted by Gasteiger charge is -2.36. The minimum Gasteiger partial charge on any atom is -0.491 e. The third-order valence-corrected chi connectivity index (χ3v) is 6.54. The predicted molar refractivity (Wildman–Crippen MR) is 133 cm³/mol. The Labute approximate surface area is 194 Å². The molecule has 0 aliphatic carbocycles. The van der Waals surface area contributed by atoms with Crippen molar-refractivity contribution in [2.24, 2.45) is 0 Å². The summed E-state index contributed by atoms with van der Waals surface area (Å²) in [6, 6.07) is 17.3. The number of aromatic nitrogens is 3. The van der Waals surface area contributed by atoms with E-state index < -0.39 is 0 Å². The zero-order valence-corrected chi connectivity index (χ0v) is 19.6. The summed E-state index contributed by atoms with van der Waals surface area (Å²) in [6.45, 7) is 3.17. The fourth-order valence-electron chi connectivity index (χ4n) is 4.64. The number of methoxy groups -OCH3 is 1. The molecule has 172 valence electrons. The number of nitrogens with zero attached hydrogens (tertiary/aromatic N) is 5. The smallest absolute Gasteiger partial charge is 0.139 e. The lowest BCUT2D eigenvalue weighted by atomic mass is 10.0. The Morgan fingerprint density at radius 2 is 1.88 bits per heavy atom. The van der Waals surface area contributed by atoms with Gasteiger partial charge in [0, 0.05) is 37.7 Å². The van der Waals surface area contributed by atoms with E-state index in [-0.39, 0.29) is 0 Å². The highest BCUT2D eigenvalue weighted by Crippen LogP contribution is 2.30. The first-order valence-corrected chi connectivity index (χ1v) is 11.5. The van der Waals surface area contributed by atoms with E-state index in [1.54, 1.807) is 7.11 Å². The van der Waals surface area contributed by atoms with Crippen LogP contribution in [0, 0.1) is 0 Å². The normalized spacial score (nSPS) is 15.1. The maximum Gasteiger partial charge on any atom is 0.139 e. The van der Waals surface area contributed by atoms with E-state index in [0.717, 1.165) is 46.6 Å². The standard InChI is InChI=1S/C26H31N5O2/c1-29(2)20-11-13-30(14-12-20)24-6-4-5-19-7-10-25(28-26(19)24)31-18-27-22-17-21(8-9-23(22)31)33-16-15-32-3/h4-10,17-18,20H,11-16H2,1-3H3. The van der Waals surface area contributed by atoms with Gasteiger partial charge in [0.05, 0.1) is 28.8 Å². The molecule has 33 heavy (non-hydrogen) atoms. The molecule has 2 aromatic carbocycles. The summed E-state index contributed by atoms with van der Waals surface area (Å²) in [4.78, 5) is 14.5. The molecule has 1 aliphatic rings. The van der Waals surface area contributed by atoms with E-state index in [0.29, 0.717) is 19.3 Å². The van der Waals surface area contributed by atoms with E-state index in [9.17, 15) is 0 Å². The lowest BCUT2D eigenvalue weighted by Crippen LogP contribution is -2.42. The maximum atomic E-state index is 5.73. The quantitative estimate of drug-likeness (QED) is 0.399. The number of hydrogen-bond donors (Lipinski definition) is 0. The van der Waals surface area contributed by atoms with Gasteiger partial charge in [0.2, 0.25) is 0 Å². The molecule has 0 atom stereocenters. The highest BCUT2D eigenvalue weighted by molar-refractivity contribution is 5.92. The monoisotopic (exact) mass is 445 g/mol. The third-order valence-electron chi connectivity index (χ3n) is 6.54. The van der Waals surface area contributed by atoms with Crippen LogP contribution in [0.1, 0.15) is 12.8 Å². The third kappa shape index (κ3) is 4.38. The number of anilines is 1. The van der Waals surface area contributed by atoms with Crippen LogP contribution in [-0.2, 0) is 4.74 Å². The second-order valence-electron chi connectivity index (χ2n) is 8.81. The van der Waals surface area contributed by atoms with Crippen LogP contribution in [-0.4, -0.2) is 73.0 Å². The number of fused-ring (bicyclic) bond motifs is 2. The molecule has 0 spiro atoms. The van der Waals surface area contributed by atoms with Crippen LogP contribution in [0.3, 0.4) is 0 Å². The highest BCUT2D eigenvalue weighted by Gasteiger charge is 2.22. The van der Waals surface area contributed by atoms with Crippen LogP contribution in [0.2, 0.25) is 0 Å². The van der Waals surface area contributed by atoms with Crippen molar-refractivity contribution in [1.82, 2.24) is 19.4 Å². The maximum absolute atomic E-state index is 5.73. The Kier molecular flexibility index (Phi) is 6.15. The molecule has 4 aromatic rings. The molecule has 0 N–H and O–H groups in total. The van der Waals surface area contributed by atoms with Crippen molar-refractivity contribution in [2.45, 2.75) is 18.9 Å². The van der Waals surface area contributed by atoms with Crippen LogP contribution < -0.4 is 9.64 Å². The van der Waals surface area contributed by atoms with E-state index in [4.69, 9.17) is 14.5 Å². The molecular formula is C26H31N5O2. The van der Waals surface area contributed by atoms with Crippen molar-refractivity contribution in [2.75, 3.05) is 52.4 Å². The van der Waals surface area contributed by atoms with Gasteiger partial charge >= 0.3 is 0 Å². The Bertz CT molecular complexity index is 1240. The molecule has 0 radical (unpaired) electrons. The number of piperidine rings is 1. The van der Waals surface area contributed by atoms with Gasteiger partial charge in [0.15, 0.2) is 0 Å². The zero-order chi connectivity index (χ0) is 22.8. The summed E-state index contributed by atoms with van der Waals surface area (Å²) >= 11 is 0. The number of benzene rings is 2. The summed E-state index contributed by atoms with van der Waals surface area (Å²) in [6.07, 6.45) is 4.18. The van der Waals surface area contributed by atoms with Gasteiger partial charge in [-0.2, -0.15) is 0 Å². The predicted octanol–water partition coefficient (Wildman–Crippen LogP) is 4.13. The van der Waals surface area contributed by atoms with Gasteiger partial charge in [-0.15, -0.1) is 0 Å². The fourth-order valence-corrected chi connectivity index (χ4v) is 4.64. The lowest BCUT2D eigenvalue weighted by molar-refractivity contribution is 0.146. The minimum absolute atomic E-state index is 0.517. The number of imidazole rings is 1. The van der Waals surface area contributed by atoms with Crippen molar-refractivity contribution in [1.29, 1.82) is 0 Å². The van der Waals surface area contributed by atoms with Crippen LogP contribution in [0.5, 0.6) is 5.75 Å². The van der Waals surface area contributed by atoms with Gasteiger partial charge < -0.3 is 19.3 Å². The molecule has 1 fully saturated rings. The van der Waals surface area contributed by atoms with Crippen LogP contribution in [0.15, 0.2) is 54.9 Å². The topological polar surface area (TPSA) is 55.7 Å². The molecule has 1 saturated heterocycles. The molecule has 7 nitrogen and oxygen atoms in total. The number of rotatable bonds is 7. The van der Waals surface area contributed by atoms with Crippen LogP contribution in [0.25, 0.3) is 27.8 Å². The molecular weight excluding hydrogens is 414 g/mol. The average Bonchev–Trinajstić information content (AvgIpc) is 3.27. The van der Waals surface area contributed by atoms with Crippen LogP contribution in [0.4, 0.5) is 5.69 Å². The molecule has 0 bridgehead atoms.